The van der Waals surface area contributed by atoms with Gasteiger partial charge in [-0.2, -0.15) is 0 Å². The molecule has 0 radical (unpaired) electrons. The van der Waals surface area contributed by atoms with E-state index in [0.717, 1.165) is 63.4 Å². The zero-order valence-electron chi connectivity index (χ0n) is 19.3. The molecule has 7 heteroatoms. The number of carbonyl (C=O) groups is 2. The SMILES string of the molecule is CN=C(NCCCC(=O)N1CCc2ccccc21)NC1CCN(C(=O)C2CCCCC2)C1. The Hall–Kier alpha value is -2.57. The zero-order valence-corrected chi connectivity index (χ0v) is 19.3. The number of likely N-dealkylation sites (tertiary alicyclic amines) is 1. The van der Waals surface area contributed by atoms with Gasteiger partial charge in [-0.25, -0.2) is 0 Å². The molecule has 0 bridgehead atoms. The summed E-state index contributed by atoms with van der Waals surface area (Å²) in [4.78, 5) is 33.7. The van der Waals surface area contributed by atoms with Gasteiger partial charge in [-0.05, 0) is 43.7 Å². The molecular formula is C25H37N5O2. The number of rotatable bonds is 6. The highest BCUT2D eigenvalue weighted by Crippen LogP contribution is 2.28. The maximum Gasteiger partial charge on any atom is 0.227 e. The number of nitrogens with zero attached hydrogens (tertiary/aromatic N) is 3. The molecule has 1 aromatic rings. The third kappa shape index (κ3) is 5.43. The number of guanidine groups is 1. The number of hydrogen-bond donors (Lipinski definition) is 2. The Morgan fingerprint density at radius 3 is 2.72 bits per heavy atom. The number of aliphatic imine (C=N–C) groups is 1. The van der Waals surface area contributed by atoms with Crippen molar-refractivity contribution in [1.82, 2.24) is 15.5 Å². The summed E-state index contributed by atoms with van der Waals surface area (Å²) in [5.74, 6) is 1.52. The highest BCUT2D eigenvalue weighted by Gasteiger charge is 2.31. The molecule has 2 fully saturated rings. The molecule has 0 aromatic heterocycles. The minimum atomic E-state index is 0.187. The minimum Gasteiger partial charge on any atom is -0.356 e. The van der Waals surface area contributed by atoms with Gasteiger partial charge in [0.15, 0.2) is 5.96 Å². The summed E-state index contributed by atoms with van der Waals surface area (Å²) in [7, 11) is 1.77. The second kappa shape index (κ2) is 10.8. The maximum absolute atomic E-state index is 12.8. The quantitative estimate of drug-likeness (QED) is 0.406. The lowest BCUT2D eigenvalue weighted by Gasteiger charge is -2.26. The largest absolute Gasteiger partial charge is 0.356 e. The molecule has 1 aromatic carbocycles. The predicted molar refractivity (Wildman–Crippen MR) is 128 cm³/mol. The van der Waals surface area contributed by atoms with Crippen molar-refractivity contribution >= 4 is 23.5 Å². The summed E-state index contributed by atoms with van der Waals surface area (Å²) in [5, 5.41) is 6.79. The molecule has 4 rings (SSSR count). The van der Waals surface area contributed by atoms with Gasteiger partial charge in [0.05, 0.1) is 0 Å². The number of para-hydroxylation sites is 1. The summed E-state index contributed by atoms with van der Waals surface area (Å²) in [6.07, 6.45) is 8.93. The molecule has 174 valence electrons. The first kappa shape index (κ1) is 22.6. The van der Waals surface area contributed by atoms with Gasteiger partial charge in [-0.3, -0.25) is 14.6 Å². The minimum absolute atomic E-state index is 0.187. The van der Waals surface area contributed by atoms with E-state index in [4.69, 9.17) is 0 Å². The van der Waals surface area contributed by atoms with Crippen LogP contribution in [-0.2, 0) is 16.0 Å². The second-order valence-electron chi connectivity index (χ2n) is 9.28. The lowest BCUT2D eigenvalue weighted by atomic mass is 9.88. The van der Waals surface area contributed by atoms with Crippen LogP contribution in [0.1, 0.15) is 56.9 Å². The molecule has 1 saturated heterocycles. The molecule has 1 saturated carbocycles. The van der Waals surface area contributed by atoms with Crippen LogP contribution in [0.15, 0.2) is 29.3 Å². The Balaban J connectivity index is 1.16. The second-order valence-corrected chi connectivity index (χ2v) is 9.28. The average molecular weight is 440 g/mol. The summed E-state index contributed by atoms with van der Waals surface area (Å²) in [5.41, 5.74) is 2.33. The molecule has 3 aliphatic rings. The molecule has 7 nitrogen and oxygen atoms in total. The van der Waals surface area contributed by atoms with Gasteiger partial charge in [0.25, 0.3) is 0 Å². The van der Waals surface area contributed by atoms with Crippen molar-refractivity contribution in [3.63, 3.8) is 0 Å². The molecular weight excluding hydrogens is 402 g/mol. The molecule has 0 spiro atoms. The Morgan fingerprint density at radius 2 is 1.91 bits per heavy atom. The van der Waals surface area contributed by atoms with Gasteiger partial charge >= 0.3 is 0 Å². The third-order valence-corrected chi connectivity index (χ3v) is 7.07. The van der Waals surface area contributed by atoms with Crippen LogP contribution in [0.2, 0.25) is 0 Å². The lowest BCUT2D eigenvalue weighted by molar-refractivity contribution is -0.135. The molecule has 32 heavy (non-hydrogen) atoms. The van der Waals surface area contributed by atoms with Crippen LogP contribution < -0.4 is 15.5 Å². The van der Waals surface area contributed by atoms with Crippen molar-refractivity contribution < 1.29 is 9.59 Å². The molecule has 1 atom stereocenters. The predicted octanol–water partition coefficient (Wildman–Crippen LogP) is 2.70. The van der Waals surface area contributed by atoms with E-state index >= 15 is 0 Å². The van der Waals surface area contributed by atoms with Crippen LogP contribution in [0.3, 0.4) is 0 Å². The van der Waals surface area contributed by atoms with Gasteiger partial charge in [0.2, 0.25) is 11.8 Å². The number of nitrogens with one attached hydrogen (secondary N) is 2. The first-order chi connectivity index (χ1) is 15.7. The van der Waals surface area contributed by atoms with E-state index in [-0.39, 0.29) is 17.9 Å². The molecule has 2 amide bonds. The Kier molecular flexibility index (Phi) is 7.66. The number of hydrogen-bond acceptors (Lipinski definition) is 3. The van der Waals surface area contributed by atoms with Crippen LogP contribution >= 0.6 is 0 Å². The van der Waals surface area contributed by atoms with Crippen molar-refractivity contribution in [2.45, 2.75) is 63.8 Å². The fourth-order valence-electron chi connectivity index (χ4n) is 5.25. The van der Waals surface area contributed by atoms with E-state index in [9.17, 15) is 9.59 Å². The van der Waals surface area contributed by atoms with Gasteiger partial charge in [-0.1, -0.05) is 37.5 Å². The molecule has 2 N–H and O–H groups in total. The summed E-state index contributed by atoms with van der Waals surface area (Å²) in [6.45, 7) is 3.06. The highest BCUT2D eigenvalue weighted by atomic mass is 16.2. The van der Waals surface area contributed by atoms with Crippen LogP contribution in [0.5, 0.6) is 0 Å². The van der Waals surface area contributed by atoms with Crippen LogP contribution in [0.25, 0.3) is 0 Å². The van der Waals surface area contributed by atoms with Crippen molar-refractivity contribution in [1.29, 1.82) is 0 Å². The van der Waals surface area contributed by atoms with Gasteiger partial charge < -0.3 is 20.4 Å². The number of fused-ring (bicyclic) bond motifs is 1. The Morgan fingerprint density at radius 1 is 1.09 bits per heavy atom. The van der Waals surface area contributed by atoms with Crippen molar-refractivity contribution in [3.05, 3.63) is 29.8 Å². The fourth-order valence-corrected chi connectivity index (χ4v) is 5.25. The third-order valence-electron chi connectivity index (χ3n) is 7.07. The number of anilines is 1. The monoisotopic (exact) mass is 439 g/mol. The van der Waals surface area contributed by atoms with E-state index in [0.29, 0.717) is 18.9 Å². The first-order valence-corrected chi connectivity index (χ1v) is 12.3. The average Bonchev–Trinajstić information content (AvgIpc) is 3.48. The Bertz CT molecular complexity index is 833. The number of amides is 2. The van der Waals surface area contributed by atoms with Crippen LogP contribution in [-0.4, -0.2) is 61.9 Å². The molecule has 1 unspecified atom stereocenters. The van der Waals surface area contributed by atoms with Gasteiger partial charge in [0.1, 0.15) is 0 Å². The van der Waals surface area contributed by atoms with Gasteiger partial charge in [-0.15, -0.1) is 0 Å². The first-order valence-electron chi connectivity index (χ1n) is 12.3. The summed E-state index contributed by atoms with van der Waals surface area (Å²) >= 11 is 0. The fraction of sp³-hybridized carbons (Fsp3) is 0.640. The van der Waals surface area contributed by atoms with Crippen molar-refractivity contribution in [2.24, 2.45) is 10.9 Å². The highest BCUT2D eigenvalue weighted by molar-refractivity contribution is 5.95. The van der Waals surface area contributed by atoms with E-state index in [1.165, 1.54) is 24.8 Å². The van der Waals surface area contributed by atoms with E-state index < -0.39 is 0 Å². The van der Waals surface area contributed by atoms with Crippen molar-refractivity contribution in [2.75, 3.05) is 38.1 Å². The topological polar surface area (TPSA) is 77.0 Å². The smallest absolute Gasteiger partial charge is 0.227 e. The summed E-state index contributed by atoms with van der Waals surface area (Å²) in [6, 6.07) is 8.40. The van der Waals surface area contributed by atoms with Crippen molar-refractivity contribution in [3.8, 4) is 0 Å². The van der Waals surface area contributed by atoms with Crippen LogP contribution in [0, 0.1) is 5.92 Å². The zero-order chi connectivity index (χ0) is 22.3. The summed E-state index contributed by atoms with van der Waals surface area (Å²) < 4.78 is 0. The molecule has 2 aliphatic heterocycles. The van der Waals surface area contributed by atoms with E-state index in [1.807, 2.05) is 28.0 Å². The Labute approximate surface area is 191 Å². The molecule has 2 heterocycles. The van der Waals surface area contributed by atoms with Crippen LogP contribution in [0.4, 0.5) is 5.69 Å². The number of benzene rings is 1. The van der Waals surface area contributed by atoms with E-state index in [2.05, 4.69) is 21.7 Å². The maximum atomic E-state index is 12.8. The lowest BCUT2D eigenvalue weighted by Crippen LogP contribution is -2.46. The van der Waals surface area contributed by atoms with E-state index in [1.54, 1.807) is 7.05 Å². The number of carbonyl (C=O) groups excluding carboxylic acids is 2. The normalized spacial score (nSPS) is 21.5. The molecule has 1 aliphatic carbocycles. The van der Waals surface area contributed by atoms with Gasteiger partial charge in [0, 0.05) is 57.3 Å². The standard InChI is InChI=1S/C25H37N5O2/c1-26-25(28-21-14-16-29(18-21)24(32)20-9-3-2-4-10-20)27-15-7-12-23(31)30-17-13-19-8-5-6-11-22(19)30/h5-6,8,11,20-21H,2-4,7,9-10,12-18H2,1H3,(H2,26,27,28).